The predicted molar refractivity (Wildman–Crippen MR) is 134 cm³/mol. The van der Waals surface area contributed by atoms with Gasteiger partial charge < -0.3 is 9.80 Å². The molecule has 2 amide bonds. The van der Waals surface area contributed by atoms with Crippen molar-refractivity contribution >= 4 is 23.1 Å². The summed E-state index contributed by atoms with van der Waals surface area (Å²) in [6.45, 7) is 16.0. The Balaban J connectivity index is 1.68. The van der Waals surface area contributed by atoms with Gasteiger partial charge in [0.15, 0.2) is 0 Å². The Bertz CT molecular complexity index is 1120. The van der Waals surface area contributed by atoms with Crippen LogP contribution in [0.1, 0.15) is 41.7 Å². The highest BCUT2D eigenvalue weighted by molar-refractivity contribution is 6.35. The van der Waals surface area contributed by atoms with Gasteiger partial charge in [-0.3, -0.25) is 14.5 Å². The first kappa shape index (κ1) is 23.1. The molecule has 2 aliphatic heterocycles. The molecule has 0 atom stereocenters. The molecule has 2 heterocycles. The lowest BCUT2D eigenvalue weighted by molar-refractivity contribution is -0.138. The van der Waals surface area contributed by atoms with Crippen LogP contribution in [0.3, 0.4) is 0 Å². The van der Waals surface area contributed by atoms with Crippen molar-refractivity contribution in [2.45, 2.75) is 41.5 Å². The number of carbonyl (C=O) groups is 2. The molecule has 4 rings (SSSR count). The summed E-state index contributed by atoms with van der Waals surface area (Å²) in [4.78, 5) is 33.1. The van der Waals surface area contributed by atoms with Crippen molar-refractivity contribution in [2.24, 2.45) is 5.92 Å². The number of rotatable bonds is 5. The van der Waals surface area contributed by atoms with Gasteiger partial charge in [-0.25, -0.2) is 0 Å². The van der Waals surface area contributed by atoms with E-state index >= 15 is 0 Å². The summed E-state index contributed by atoms with van der Waals surface area (Å²) in [5.41, 5.74) is 8.05. The van der Waals surface area contributed by atoms with E-state index < -0.39 is 0 Å². The van der Waals surface area contributed by atoms with Crippen molar-refractivity contribution < 1.29 is 9.59 Å². The molecule has 0 N–H and O–H groups in total. The summed E-state index contributed by atoms with van der Waals surface area (Å²) in [5.74, 6) is -0.0878. The maximum Gasteiger partial charge on any atom is 0.277 e. The third-order valence-electron chi connectivity index (χ3n) is 6.86. The molecule has 5 heteroatoms. The number of carbonyl (C=O) groups excluding carboxylic acids is 2. The topological polar surface area (TPSA) is 43.9 Å². The van der Waals surface area contributed by atoms with E-state index in [0.717, 1.165) is 29.8 Å². The predicted octanol–water partition coefficient (Wildman–Crippen LogP) is 4.48. The van der Waals surface area contributed by atoms with Crippen molar-refractivity contribution in [3.8, 4) is 0 Å². The molecule has 1 saturated heterocycles. The fourth-order valence-corrected chi connectivity index (χ4v) is 4.97. The molecule has 0 aromatic heterocycles. The van der Waals surface area contributed by atoms with Gasteiger partial charge in [-0.1, -0.05) is 49.7 Å². The summed E-state index contributed by atoms with van der Waals surface area (Å²) < 4.78 is 0. The first-order valence-corrected chi connectivity index (χ1v) is 11.9. The minimum Gasteiger partial charge on any atom is -0.368 e. The quantitative estimate of drug-likeness (QED) is 0.637. The van der Waals surface area contributed by atoms with E-state index in [1.165, 1.54) is 21.7 Å². The molecular weight excluding hydrogens is 410 g/mol. The molecule has 0 bridgehead atoms. The molecule has 1 fully saturated rings. The summed E-state index contributed by atoms with van der Waals surface area (Å²) in [7, 11) is 0. The van der Waals surface area contributed by atoms with Gasteiger partial charge in [-0.2, -0.15) is 0 Å². The van der Waals surface area contributed by atoms with Crippen LogP contribution in [-0.2, 0) is 9.59 Å². The zero-order valence-corrected chi connectivity index (χ0v) is 20.7. The molecule has 174 valence electrons. The number of aryl methyl sites for hydroxylation is 3. The van der Waals surface area contributed by atoms with E-state index in [4.69, 9.17) is 0 Å². The van der Waals surface area contributed by atoms with E-state index in [-0.39, 0.29) is 17.7 Å². The fourth-order valence-electron chi connectivity index (χ4n) is 4.97. The van der Waals surface area contributed by atoms with Crippen molar-refractivity contribution in [2.75, 3.05) is 37.6 Å². The Morgan fingerprint density at radius 1 is 0.818 bits per heavy atom. The van der Waals surface area contributed by atoms with Gasteiger partial charge in [0.05, 0.1) is 5.57 Å². The molecule has 0 unspecified atom stereocenters. The zero-order chi connectivity index (χ0) is 23.9. The number of anilines is 1. The molecular formula is C28H35N3O2. The van der Waals surface area contributed by atoms with Gasteiger partial charge in [-0.05, 0) is 61.9 Å². The van der Waals surface area contributed by atoms with Crippen LogP contribution in [0.15, 0.2) is 42.1 Å². The third kappa shape index (κ3) is 4.29. The van der Waals surface area contributed by atoms with Gasteiger partial charge in [0, 0.05) is 38.4 Å². The highest BCUT2D eigenvalue weighted by Crippen LogP contribution is 2.35. The lowest BCUT2D eigenvalue weighted by Crippen LogP contribution is -2.48. The number of nitrogens with zero attached hydrogens (tertiary/aromatic N) is 3. The minimum atomic E-state index is -0.160. The van der Waals surface area contributed by atoms with Crippen molar-refractivity contribution in [1.29, 1.82) is 0 Å². The van der Waals surface area contributed by atoms with Crippen molar-refractivity contribution in [3.63, 3.8) is 0 Å². The molecule has 2 aromatic rings. The lowest BCUT2D eigenvalue weighted by atomic mass is 9.97. The Morgan fingerprint density at radius 3 is 2.12 bits per heavy atom. The Hall–Kier alpha value is -3.08. The molecule has 0 spiro atoms. The number of piperazine rings is 1. The van der Waals surface area contributed by atoms with Crippen LogP contribution in [0.5, 0.6) is 0 Å². The number of amides is 2. The van der Waals surface area contributed by atoms with Crippen molar-refractivity contribution in [3.05, 3.63) is 69.9 Å². The van der Waals surface area contributed by atoms with E-state index in [2.05, 4.69) is 47.9 Å². The monoisotopic (exact) mass is 445 g/mol. The highest BCUT2D eigenvalue weighted by Gasteiger charge is 2.42. The van der Waals surface area contributed by atoms with Gasteiger partial charge >= 0.3 is 0 Å². The maximum absolute atomic E-state index is 13.6. The first-order valence-electron chi connectivity index (χ1n) is 11.9. The van der Waals surface area contributed by atoms with Gasteiger partial charge in [0.1, 0.15) is 5.70 Å². The van der Waals surface area contributed by atoms with Crippen LogP contribution < -0.4 is 4.90 Å². The number of hydrogen-bond acceptors (Lipinski definition) is 4. The molecule has 0 saturated carbocycles. The van der Waals surface area contributed by atoms with E-state index in [1.807, 2.05) is 39.8 Å². The Labute approximate surface area is 197 Å². The van der Waals surface area contributed by atoms with Crippen LogP contribution in [0.4, 0.5) is 5.69 Å². The summed E-state index contributed by atoms with van der Waals surface area (Å²) in [6, 6.07) is 12.5. The first-order chi connectivity index (χ1) is 15.7. The maximum atomic E-state index is 13.6. The standard InChI is InChI=1S/C28H35N3O2/c1-18(2)17-31-27(32)25(23-11-10-19(3)16-21(23)5)26(28(31)33)30-14-12-29(13-15-30)24-9-7-8-20(4)22(24)6/h7-11,16,18H,12-15,17H2,1-6H3. The van der Waals surface area contributed by atoms with Crippen LogP contribution in [0.2, 0.25) is 0 Å². The molecule has 2 aromatic carbocycles. The molecule has 0 radical (unpaired) electrons. The average Bonchev–Trinajstić information content (AvgIpc) is 3.00. The van der Waals surface area contributed by atoms with Crippen molar-refractivity contribution in [1.82, 2.24) is 9.80 Å². The van der Waals surface area contributed by atoms with Crippen LogP contribution in [0.25, 0.3) is 5.57 Å². The van der Waals surface area contributed by atoms with E-state index in [0.29, 0.717) is 30.9 Å². The summed E-state index contributed by atoms with van der Waals surface area (Å²) in [6.07, 6.45) is 0. The molecule has 33 heavy (non-hydrogen) atoms. The second-order valence-electron chi connectivity index (χ2n) is 9.85. The normalized spacial score (nSPS) is 17.1. The lowest BCUT2D eigenvalue weighted by Gasteiger charge is -2.38. The number of imide groups is 1. The number of benzene rings is 2. The van der Waals surface area contributed by atoms with Gasteiger partial charge in [0.25, 0.3) is 11.8 Å². The molecule has 5 nitrogen and oxygen atoms in total. The van der Waals surface area contributed by atoms with Gasteiger partial charge in [-0.15, -0.1) is 0 Å². The van der Waals surface area contributed by atoms with Gasteiger partial charge in [0.2, 0.25) is 0 Å². The second-order valence-corrected chi connectivity index (χ2v) is 9.85. The summed E-state index contributed by atoms with van der Waals surface area (Å²) in [5, 5.41) is 0. The Kier molecular flexibility index (Phi) is 6.33. The Morgan fingerprint density at radius 2 is 1.48 bits per heavy atom. The van der Waals surface area contributed by atoms with Crippen LogP contribution in [0, 0.1) is 33.6 Å². The number of hydrogen-bond donors (Lipinski definition) is 0. The second kappa shape index (κ2) is 9.05. The molecule has 0 aliphatic carbocycles. The van der Waals surface area contributed by atoms with Crippen LogP contribution >= 0.6 is 0 Å². The SMILES string of the molecule is Cc1ccc(C2=C(N3CCN(c4cccc(C)c4C)CC3)C(=O)N(CC(C)C)C2=O)c(C)c1. The largest absolute Gasteiger partial charge is 0.368 e. The fraction of sp³-hybridized carbons (Fsp3) is 0.429. The molecule has 2 aliphatic rings. The van der Waals surface area contributed by atoms with E-state index in [1.54, 1.807) is 0 Å². The smallest absolute Gasteiger partial charge is 0.277 e. The summed E-state index contributed by atoms with van der Waals surface area (Å²) >= 11 is 0. The third-order valence-corrected chi connectivity index (χ3v) is 6.86. The van der Waals surface area contributed by atoms with E-state index in [9.17, 15) is 9.59 Å². The highest BCUT2D eigenvalue weighted by atomic mass is 16.2. The minimum absolute atomic E-state index is 0.149. The average molecular weight is 446 g/mol. The van der Waals surface area contributed by atoms with Crippen LogP contribution in [-0.4, -0.2) is 54.3 Å². The zero-order valence-electron chi connectivity index (χ0n) is 20.7.